The van der Waals surface area contributed by atoms with Crippen LogP contribution in [0.4, 0.5) is 11.5 Å². The number of rotatable bonds is 2. The number of amides is 1. The van der Waals surface area contributed by atoms with Crippen molar-refractivity contribution in [2.75, 3.05) is 11.1 Å². The Morgan fingerprint density at radius 3 is 2.65 bits per heavy atom. The lowest BCUT2D eigenvalue weighted by Gasteiger charge is -2.08. The lowest BCUT2D eigenvalue weighted by Crippen LogP contribution is -2.13. The molecule has 4 nitrogen and oxygen atoms in total. The van der Waals surface area contributed by atoms with Gasteiger partial charge in [0.05, 0.1) is 21.4 Å². The van der Waals surface area contributed by atoms with Crippen LogP contribution < -0.4 is 11.1 Å². The van der Waals surface area contributed by atoms with Gasteiger partial charge in [0.15, 0.2) is 0 Å². The minimum Gasteiger partial charge on any atom is -0.397 e. The van der Waals surface area contributed by atoms with E-state index in [2.05, 4.69) is 26.2 Å². The molecule has 1 aromatic heterocycles. The predicted octanol–water partition coefficient (Wildman–Crippen LogP) is 4.29. The number of nitrogens with one attached hydrogen (secondary N) is 1. The standard InChI is InChI=1S/C13H10BrCl2N3O/c1-6-8(14)2-3-11(18-6)19-13(20)7-4-9(15)12(16)10(17)5-7/h2-5H,17H2,1H3,(H,18,19,20). The van der Waals surface area contributed by atoms with E-state index in [0.29, 0.717) is 11.4 Å². The van der Waals surface area contributed by atoms with Crippen LogP contribution in [-0.4, -0.2) is 10.9 Å². The number of hydrogen-bond donors (Lipinski definition) is 2. The number of carbonyl (C=O) groups is 1. The number of benzene rings is 1. The van der Waals surface area contributed by atoms with Crippen LogP contribution in [0.25, 0.3) is 0 Å². The van der Waals surface area contributed by atoms with Gasteiger partial charge in [-0.05, 0) is 47.1 Å². The minimum atomic E-state index is -0.357. The molecule has 0 fully saturated rings. The molecule has 0 spiro atoms. The van der Waals surface area contributed by atoms with Crippen LogP contribution in [0.1, 0.15) is 16.1 Å². The number of nitrogens with zero attached hydrogens (tertiary/aromatic N) is 1. The predicted molar refractivity (Wildman–Crippen MR) is 85.5 cm³/mol. The summed E-state index contributed by atoms with van der Waals surface area (Å²) in [6.45, 7) is 1.83. The van der Waals surface area contributed by atoms with Crippen LogP contribution in [0.3, 0.4) is 0 Å². The Kier molecular flexibility index (Phi) is 4.52. The Labute approximate surface area is 134 Å². The van der Waals surface area contributed by atoms with E-state index in [4.69, 9.17) is 28.9 Å². The number of carbonyl (C=O) groups excluding carboxylic acids is 1. The van der Waals surface area contributed by atoms with Crippen molar-refractivity contribution < 1.29 is 4.79 Å². The van der Waals surface area contributed by atoms with Crippen molar-refractivity contribution in [3.8, 4) is 0 Å². The number of anilines is 2. The molecule has 2 aromatic rings. The Morgan fingerprint density at radius 2 is 2.05 bits per heavy atom. The summed E-state index contributed by atoms with van der Waals surface area (Å²) >= 11 is 15.1. The van der Waals surface area contributed by atoms with Crippen LogP contribution in [-0.2, 0) is 0 Å². The molecule has 0 radical (unpaired) electrons. The summed E-state index contributed by atoms with van der Waals surface area (Å²) in [5, 5.41) is 3.14. The maximum absolute atomic E-state index is 12.1. The third-order valence-corrected chi connectivity index (χ3v) is 4.24. The number of halogens is 3. The summed E-state index contributed by atoms with van der Waals surface area (Å²) in [6, 6.07) is 6.42. The van der Waals surface area contributed by atoms with Crippen LogP contribution in [0, 0.1) is 6.92 Å². The molecule has 1 aromatic carbocycles. The van der Waals surface area contributed by atoms with Crippen molar-refractivity contribution >= 4 is 56.5 Å². The third-order valence-electron chi connectivity index (χ3n) is 2.58. The second-order valence-corrected chi connectivity index (χ2v) is 5.72. The first-order chi connectivity index (χ1) is 9.38. The molecule has 3 N–H and O–H groups in total. The van der Waals surface area contributed by atoms with Gasteiger partial charge >= 0.3 is 0 Å². The Bertz CT molecular complexity index is 668. The highest BCUT2D eigenvalue weighted by Gasteiger charge is 2.12. The summed E-state index contributed by atoms with van der Waals surface area (Å²) in [7, 11) is 0. The van der Waals surface area contributed by atoms with Crippen LogP contribution >= 0.6 is 39.1 Å². The quantitative estimate of drug-likeness (QED) is 0.770. The molecule has 2 rings (SSSR count). The number of aromatic nitrogens is 1. The molecule has 0 aliphatic heterocycles. The maximum atomic E-state index is 12.1. The van der Waals surface area contributed by atoms with Crippen molar-refractivity contribution in [2.45, 2.75) is 6.92 Å². The van der Waals surface area contributed by atoms with Gasteiger partial charge in [-0.15, -0.1) is 0 Å². The molecule has 104 valence electrons. The molecule has 0 aliphatic carbocycles. The zero-order valence-corrected chi connectivity index (χ0v) is 13.5. The topological polar surface area (TPSA) is 68.0 Å². The summed E-state index contributed by atoms with van der Waals surface area (Å²) in [4.78, 5) is 16.3. The second-order valence-electron chi connectivity index (χ2n) is 4.08. The van der Waals surface area contributed by atoms with E-state index in [9.17, 15) is 4.79 Å². The molecule has 0 atom stereocenters. The van der Waals surface area contributed by atoms with Crippen molar-refractivity contribution in [3.63, 3.8) is 0 Å². The molecule has 7 heteroatoms. The van der Waals surface area contributed by atoms with Crippen molar-refractivity contribution in [3.05, 3.63) is 50.0 Å². The number of aryl methyl sites for hydroxylation is 1. The Balaban J connectivity index is 2.26. The van der Waals surface area contributed by atoms with E-state index < -0.39 is 0 Å². The summed E-state index contributed by atoms with van der Waals surface area (Å²) in [6.07, 6.45) is 0. The monoisotopic (exact) mass is 373 g/mol. The highest BCUT2D eigenvalue weighted by atomic mass is 79.9. The van der Waals surface area contributed by atoms with Gasteiger partial charge in [0.1, 0.15) is 5.82 Å². The largest absolute Gasteiger partial charge is 0.397 e. The number of nitrogens with two attached hydrogens (primary N) is 1. The zero-order valence-electron chi connectivity index (χ0n) is 10.4. The molecule has 0 bridgehead atoms. The smallest absolute Gasteiger partial charge is 0.256 e. The lowest BCUT2D eigenvalue weighted by atomic mass is 10.2. The van der Waals surface area contributed by atoms with Crippen molar-refractivity contribution in [1.82, 2.24) is 4.98 Å². The average molecular weight is 375 g/mol. The first kappa shape index (κ1) is 15.1. The van der Waals surface area contributed by atoms with Crippen LogP contribution in [0.15, 0.2) is 28.7 Å². The zero-order chi connectivity index (χ0) is 14.9. The van der Waals surface area contributed by atoms with Gasteiger partial charge in [0.2, 0.25) is 0 Å². The van der Waals surface area contributed by atoms with E-state index >= 15 is 0 Å². The molecule has 1 heterocycles. The summed E-state index contributed by atoms with van der Waals surface area (Å²) in [5.41, 5.74) is 7.03. The van der Waals surface area contributed by atoms with E-state index in [1.165, 1.54) is 12.1 Å². The molecular weight excluding hydrogens is 365 g/mol. The Morgan fingerprint density at radius 1 is 1.35 bits per heavy atom. The number of nitrogen functional groups attached to an aromatic ring is 1. The maximum Gasteiger partial charge on any atom is 0.256 e. The normalized spacial score (nSPS) is 10.4. The minimum absolute atomic E-state index is 0.233. The Hall–Kier alpha value is -1.30. The lowest BCUT2D eigenvalue weighted by molar-refractivity contribution is 0.102. The van der Waals surface area contributed by atoms with Gasteiger partial charge in [-0.25, -0.2) is 4.98 Å². The highest BCUT2D eigenvalue weighted by molar-refractivity contribution is 9.10. The summed E-state index contributed by atoms with van der Waals surface area (Å²) in [5.74, 6) is 0.0878. The molecular formula is C13H10BrCl2N3O. The van der Waals surface area contributed by atoms with E-state index in [1.807, 2.05) is 6.92 Å². The van der Waals surface area contributed by atoms with Crippen LogP contribution in [0.5, 0.6) is 0 Å². The van der Waals surface area contributed by atoms with Crippen molar-refractivity contribution in [2.24, 2.45) is 0 Å². The molecule has 20 heavy (non-hydrogen) atoms. The van der Waals surface area contributed by atoms with Gasteiger partial charge in [-0.1, -0.05) is 23.2 Å². The average Bonchev–Trinajstić information content (AvgIpc) is 2.39. The fraction of sp³-hybridized carbons (Fsp3) is 0.0769. The second kappa shape index (κ2) is 5.99. The number of hydrogen-bond acceptors (Lipinski definition) is 3. The van der Waals surface area contributed by atoms with Gasteiger partial charge < -0.3 is 11.1 Å². The van der Waals surface area contributed by atoms with E-state index in [1.54, 1.807) is 12.1 Å². The molecule has 0 saturated heterocycles. The van der Waals surface area contributed by atoms with Gasteiger partial charge in [-0.3, -0.25) is 4.79 Å². The third kappa shape index (κ3) is 3.23. The molecule has 0 unspecified atom stereocenters. The van der Waals surface area contributed by atoms with Gasteiger partial charge in [-0.2, -0.15) is 0 Å². The van der Waals surface area contributed by atoms with E-state index in [-0.39, 0.29) is 21.6 Å². The van der Waals surface area contributed by atoms with E-state index in [0.717, 1.165) is 10.2 Å². The highest BCUT2D eigenvalue weighted by Crippen LogP contribution is 2.29. The van der Waals surface area contributed by atoms with Gasteiger partial charge in [0.25, 0.3) is 5.91 Å². The molecule has 0 saturated carbocycles. The SMILES string of the molecule is Cc1nc(NC(=O)c2cc(N)c(Cl)c(Cl)c2)ccc1Br. The summed E-state index contributed by atoms with van der Waals surface area (Å²) < 4.78 is 0.870. The van der Waals surface area contributed by atoms with Crippen molar-refractivity contribution in [1.29, 1.82) is 0 Å². The first-order valence-corrected chi connectivity index (χ1v) is 7.12. The fourth-order valence-corrected chi connectivity index (χ4v) is 2.10. The molecule has 0 aliphatic rings. The first-order valence-electron chi connectivity index (χ1n) is 5.57. The number of pyridine rings is 1. The van der Waals surface area contributed by atoms with Gasteiger partial charge in [0, 0.05) is 10.0 Å². The van der Waals surface area contributed by atoms with Crippen LogP contribution in [0.2, 0.25) is 10.0 Å². The fourth-order valence-electron chi connectivity index (χ4n) is 1.54. The molecule has 1 amide bonds.